The second-order valence-electron chi connectivity index (χ2n) is 12.1. The second kappa shape index (κ2) is 13.0. The van der Waals surface area contributed by atoms with Gasteiger partial charge >= 0.3 is 63.8 Å². The lowest BCUT2D eigenvalue weighted by Crippen LogP contribution is -2.74. The van der Waals surface area contributed by atoms with Gasteiger partial charge in [0.15, 0.2) is 0 Å². The van der Waals surface area contributed by atoms with Crippen LogP contribution in [0.5, 0.6) is 0 Å². The number of ether oxygens (including phenoxy) is 2. The molecule has 0 amide bonds. The summed E-state index contributed by atoms with van der Waals surface area (Å²) in [6.45, 7) is 28.0. The molecule has 0 saturated carbocycles. The van der Waals surface area contributed by atoms with E-state index >= 15 is 0 Å². The van der Waals surface area contributed by atoms with Gasteiger partial charge in [0.25, 0.3) is 0 Å². The fraction of sp³-hybridized carbons (Fsp3) is 0.739. The summed E-state index contributed by atoms with van der Waals surface area (Å²) < 4.78 is 57.9. The summed E-state index contributed by atoms with van der Waals surface area (Å²) in [7, 11) is -18.2. The molecular formula is C23H48O11Si6. The number of hydrogen-bond donors (Lipinski definition) is 0. The summed E-state index contributed by atoms with van der Waals surface area (Å²) >= 11 is 0. The van der Waals surface area contributed by atoms with Gasteiger partial charge in [-0.15, -0.1) is 0 Å². The molecule has 0 aromatic rings. The highest BCUT2D eigenvalue weighted by Crippen LogP contribution is 2.40. The van der Waals surface area contributed by atoms with Gasteiger partial charge < -0.3 is 38.3 Å². The van der Waals surface area contributed by atoms with E-state index in [9.17, 15) is 9.59 Å². The Morgan fingerprint density at radius 3 is 1.62 bits per heavy atom. The first-order chi connectivity index (χ1) is 18.0. The van der Waals surface area contributed by atoms with E-state index in [0.717, 1.165) is 0 Å². The lowest BCUT2D eigenvalue weighted by Gasteiger charge is -2.53. The van der Waals surface area contributed by atoms with Gasteiger partial charge in [-0.1, -0.05) is 13.2 Å². The van der Waals surface area contributed by atoms with Gasteiger partial charge in [0, 0.05) is 24.2 Å². The highest BCUT2D eigenvalue weighted by atomic mass is 28.6. The van der Waals surface area contributed by atoms with Crippen LogP contribution in [0, 0.1) is 0 Å². The minimum Gasteiger partial charge on any atom is -0.462 e. The number of esters is 2. The normalized spacial score (nSPS) is 34.3. The molecule has 0 aromatic carbocycles. The molecule has 2 rings (SSSR count). The molecule has 11 nitrogen and oxygen atoms in total. The van der Waals surface area contributed by atoms with Crippen LogP contribution in [0.4, 0.5) is 0 Å². The molecule has 40 heavy (non-hydrogen) atoms. The van der Waals surface area contributed by atoms with E-state index in [4.69, 9.17) is 38.3 Å². The van der Waals surface area contributed by atoms with Gasteiger partial charge in [-0.25, -0.2) is 9.59 Å². The Hall–Kier alpha value is -0.559. The van der Waals surface area contributed by atoms with Crippen LogP contribution in [0.2, 0.25) is 64.5 Å². The third-order valence-electron chi connectivity index (χ3n) is 5.98. The highest BCUT2D eigenvalue weighted by Gasteiger charge is 2.64. The van der Waals surface area contributed by atoms with Crippen molar-refractivity contribution in [3.8, 4) is 0 Å². The Balaban J connectivity index is 2.38. The lowest BCUT2D eigenvalue weighted by molar-refractivity contribution is -0.143. The molecular weight excluding hydrogens is 621 g/mol. The Kier molecular flexibility index (Phi) is 11.6. The van der Waals surface area contributed by atoms with Crippen molar-refractivity contribution in [2.45, 2.75) is 104 Å². The Morgan fingerprint density at radius 2 is 1.15 bits per heavy atom. The topological polar surface area (TPSA) is 117 Å². The van der Waals surface area contributed by atoms with E-state index < -0.39 is 63.8 Å². The number of hydrogen-bond acceptors (Lipinski definition) is 11. The summed E-state index contributed by atoms with van der Waals surface area (Å²) in [5.41, 5.74) is 0.685. The van der Waals surface area contributed by atoms with Gasteiger partial charge in [-0.3, -0.25) is 0 Å². The first-order valence-corrected chi connectivity index (χ1v) is 28.7. The van der Waals surface area contributed by atoms with E-state index in [1.807, 2.05) is 59.3 Å². The third-order valence-corrected chi connectivity index (χ3v) is 32.1. The molecule has 17 heteroatoms. The molecule has 2 saturated heterocycles. The first-order valence-electron chi connectivity index (χ1n) is 13.6. The van der Waals surface area contributed by atoms with E-state index in [2.05, 4.69) is 13.2 Å². The Bertz CT molecular complexity index is 996. The molecule has 0 radical (unpaired) electrons. The van der Waals surface area contributed by atoms with Crippen LogP contribution < -0.4 is 0 Å². The van der Waals surface area contributed by atoms with Crippen LogP contribution in [0.1, 0.15) is 33.6 Å². The zero-order chi connectivity index (χ0) is 30.8. The molecule has 0 spiro atoms. The summed E-state index contributed by atoms with van der Waals surface area (Å²) in [5.74, 6) is -0.870. The van der Waals surface area contributed by atoms with E-state index in [1.165, 1.54) is 0 Å². The quantitative estimate of drug-likeness (QED) is 0.132. The fourth-order valence-electron chi connectivity index (χ4n) is 4.96. The lowest BCUT2D eigenvalue weighted by atomic mass is 10.3. The summed E-state index contributed by atoms with van der Waals surface area (Å²) in [5, 5.41) is 0. The summed E-state index contributed by atoms with van der Waals surface area (Å²) in [6, 6.07) is 1.02. The summed E-state index contributed by atoms with van der Waals surface area (Å²) in [6.07, 6.45) is 0.653. The molecule has 5 atom stereocenters. The molecule has 2 bridgehead atoms. The van der Waals surface area contributed by atoms with E-state index in [-0.39, 0.29) is 12.7 Å². The smallest absolute Gasteiger partial charge is 0.462 e. The van der Waals surface area contributed by atoms with Gasteiger partial charge in [-0.05, 0) is 85.0 Å². The summed E-state index contributed by atoms with van der Waals surface area (Å²) in [4.78, 5) is 24.0. The molecule has 5 unspecified atom stereocenters. The zero-order valence-corrected chi connectivity index (χ0v) is 32.0. The number of rotatable bonds is 10. The molecule has 0 N–H and O–H groups in total. The Labute approximate surface area is 246 Å². The van der Waals surface area contributed by atoms with Gasteiger partial charge in [0.1, 0.15) is 0 Å². The molecule has 0 aromatic heterocycles. The maximum atomic E-state index is 12.1. The van der Waals surface area contributed by atoms with Crippen LogP contribution >= 0.6 is 0 Å². The van der Waals surface area contributed by atoms with Crippen molar-refractivity contribution in [2.75, 3.05) is 6.61 Å². The largest absolute Gasteiger partial charge is 0.472 e. The van der Waals surface area contributed by atoms with Gasteiger partial charge in [-0.2, -0.15) is 0 Å². The fourth-order valence-corrected chi connectivity index (χ4v) is 38.2. The third kappa shape index (κ3) is 10.9. The number of carbonyl (C=O) groups is 2. The van der Waals surface area contributed by atoms with Gasteiger partial charge in [0.2, 0.25) is 0 Å². The monoisotopic (exact) mass is 668 g/mol. The van der Waals surface area contributed by atoms with Crippen LogP contribution in [-0.2, 0) is 47.9 Å². The van der Waals surface area contributed by atoms with Crippen LogP contribution in [-0.4, -0.2) is 76.5 Å². The van der Waals surface area contributed by atoms with Crippen molar-refractivity contribution >= 4 is 63.8 Å². The average molecular weight is 669 g/mol. The molecule has 2 heterocycles. The minimum atomic E-state index is -3.38. The number of fused-ring (bicyclic) bond motifs is 2. The van der Waals surface area contributed by atoms with Crippen molar-refractivity contribution in [3.63, 3.8) is 0 Å². The molecule has 2 aliphatic rings. The van der Waals surface area contributed by atoms with Crippen molar-refractivity contribution in [1.29, 1.82) is 0 Å². The second-order valence-corrected chi connectivity index (χ2v) is 32.4. The van der Waals surface area contributed by atoms with Crippen LogP contribution in [0.3, 0.4) is 0 Å². The zero-order valence-electron chi connectivity index (χ0n) is 26.0. The van der Waals surface area contributed by atoms with Crippen molar-refractivity contribution < 1.29 is 47.9 Å². The SMILES string of the molecule is C=C(C)C(=O)OCCC[Si]1(C)O[Si](C)(CCC(C)OC(=O)C(=C)C)O[Si]2(C)O[Si](C)(C)O[Si](C)(C)O[Si](C)(O1)O2. The standard InChI is InChI=1S/C23H48O11Si6/c1-19(2)22(24)26-16-14-17-37(10)31-38(11,18-15-21(5)27-23(25)20(3)4)33-40(13)30-36(8,9)28-35(6,7)29-39(12,32-37)34-40/h21H,1,3,14-18H2,2,4-13H3. The minimum absolute atomic E-state index is 0.201. The highest BCUT2D eigenvalue weighted by molar-refractivity contribution is 6.96. The van der Waals surface area contributed by atoms with Crippen LogP contribution in [0.15, 0.2) is 24.3 Å². The maximum Gasteiger partial charge on any atom is 0.472 e. The average Bonchev–Trinajstić information content (AvgIpc) is 2.70. The van der Waals surface area contributed by atoms with Crippen LogP contribution in [0.25, 0.3) is 0 Å². The van der Waals surface area contributed by atoms with Crippen molar-refractivity contribution in [3.05, 3.63) is 24.3 Å². The first kappa shape index (κ1) is 35.6. The molecule has 0 aliphatic carbocycles. The van der Waals surface area contributed by atoms with E-state index in [1.54, 1.807) is 13.8 Å². The van der Waals surface area contributed by atoms with E-state index in [0.29, 0.717) is 36.1 Å². The molecule has 2 aliphatic heterocycles. The Morgan fingerprint density at radius 1 is 0.675 bits per heavy atom. The number of carbonyl (C=O) groups excluding carboxylic acids is 2. The predicted octanol–water partition coefficient (Wildman–Crippen LogP) is 5.22. The van der Waals surface area contributed by atoms with Crippen molar-refractivity contribution in [2.24, 2.45) is 0 Å². The molecule has 2 fully saturated rings. The maximum absolute atomic E-state index is 12.1. The van der Waals surface area contributed by atoms with Gasteiger partial charge in [0.05, 0.1) is 12.7 Å². The molecule has 230 valence electrons. The van der Waals surface area contributed by atoms with Crippen molar-refractivity contribution in [1.82, 2.24) is 0 Å². The predicted molar refractivity (Wildman–Crippen MR) is 164 cm³/mol.